The van der Waals surface area contributed by atoms with Crippen LogP contribution >= 0.6 is 0 Å². The van der Waals surface area contributed by atoms with Gasteiger partial charge in [0.1, 0.15) is 24.4 Å². The molecule has 0 radical (unpaired) electrons. The molecule has 1 heterocycles. The molecule has 1 saturated heterocycles. The van der Waals surface area contributed by atoms with Crippen molar-refractivity contribution in [2.45, 2.75) is 326 Å². The number of allylic oxidation sites excluding steroid dienone is 3. The zero-order valence-electron chi connectivity index (χ0n) is 43.9. The van der Waals surface area contributed by atoms with Gasteiger partial charge in [0.05, 0.1) is 25.4 Å². The van der Waals surface area contributed by atoms with E-state index in [9.17, 15) is 30.3 Å². The number of rotatable bonds is 50. The van der Waals surface area contributed by atoms with Gasteiger partial charge in [0.25, 0.3) is 0 Å². The standard InChI is InChI=1S/C58H111NO8/c1-3-5-7-9-11-13-15-17-19-21-23-25-26-27-28-30-32-34-36-38-40-42-44-46-48-54(62)59-51(50-66-58-57(65)56(64)55(63)53(49-60)67-58)52(61)47-45-43-41-39-37-35-33-31-29-24-22-20-18-16-14-12-10-8-6-4-2/h27-28,45,47,51-53,55-58,60-61,63-65H,3-26,29-44,46,48-50H2,1-2H3,(H,59,62)/b28-27-,47-45+. The molecule has 7 atom stereocenters. The van der Waals surface area contributed by atoms with Gasteiger partial charge in [-0.3, -0.25) is 4.79 Å². The molecule has 1 amide bonds. The zero-order valence-corrected chi connectivity index (χ0v) is 43.9. The van der Waals surface area contributed by atoms with E-state index in [0.717, 1.165) is 38.5 Å². The Labute approximate surface area is 413 Å². The van der Waals surface area contributed by atoms with Crippen molar-refractivity contribution >= 4 is 5.91 Å². The molecule has 6 N–H and O–H groups in total. The van der Waals surface area contributed by atoms with Gasteiger partial charge >= 0.3 is 0 Å². The number of hydrogen-bond donors (Lipinski definition) is 6. The maximum atomic E-state index is 13.1. The number of aliphatic hydroxyl groups is 5. The predicted molar refractivity (Wildman–Crippen MR) is 281 cm³/mol. The topological polar surface area (TPSA) is 149 Å². The van der Waals surface area contributed by atoms with Crippen molar-refractivity contribution in [1.82, 2.24) is 5.32 Å². The Morgan fingerprint density at radius 2 is 0.836 bits per heavy atom. The highest BCUT2D eigenvalue weighted by atomic mass is 16.7. The van der Waals surface area contributed by atoms with Crippen LogP contribution < -0.4 is 5.32 Å². The summed E-state index contributed by atoms with van der Waals surface area (Å²) in [5.41, 5.74) is 0. The molecule has 0 aliphatic carbocycles. The van der Waals surface area contributed by atoms with E-state index >= 15 is 0 Å². The van der Waals surface area contributed by atoms with Gasteiger partial charge in [-0.15, -0.1) is 0 Å². The summed E-state index contributed by atoms with van der Waals surface area (Å²) in [5, 5.41) is 54.5. The highest BCUT2D eigenvalue weighted by Gasteiger charge is 2.44. The lowest BCUT2D eigenvalue weighted by Gasteiger charge is -2.40. The van der Waals surface area contributed by atoms with Crippen LogP contribution in [0.15, 0.2) is 24.3 Å². The summed E-state index contributed by atoms with van der Waals surface area (Å²) in [4.78, 5) is 13.1. The highest BCUT2D eigenvalue weighted by Crippen LogP contribution is 2.23. The number of unbranched alkanes of at least 4 members (excludes halogenated alkanes) is 38. The van der Waals surface area contributed by atoms with E-state index in [4.69, 9.17) is 9.47 Å². The lowest BCUT2D eigenvalue weighted by molar-refractivity contribution is -0.302. The van der Waals surface area contributed by atoms with Crippen LogP contribution in [0.2, 0.25) is 0 Å². The predicted octanol–water partition coefficient (Wildman–Crippen LogP) is 14.2. The van der Waals surface area contributed by atoms with Gasteiger partial charge in [0.15, 0.2) is 6.29 Å². The minimum atomic E-state index is -1.57. The molecule has 0 spiro atoms. The molecule has 67 heavy (non-hydrogen) atoms. The third-order valence-electron chi connectivity index (χ3n) is 14.0. The normalized spacial score (nSPS) is 19.8. The smallest absolute Gasteiger partial charge is 0.220 e. The first-order valence-electron chi connectivity index (χ1n) is 29.1. The maximum Gasteiger partial charge on any atom is 0.220 e. The third kappa shape index (κ3) is 38.1. The minimum absolute atomic E-state index is 0.176. The fraction of sp³-hybridized carbons (Fsp3) is 0.914. The van der Waals surface area contributed by atoms with Gasteiger partial charge in [0.2, 0.25) is 5.91 Å². The number of carbonyl (C=O) groups excluding carboxylic acids is 1. The Morgan fingerprint density at radius 3 is 1.21 bits per heavy atom. The molecule has 0 aromatic carbocycles. The van der Waals surface area contributed by atoms with Crippen LogP contribution in [-0.4, -0.2) is 87.5 Å². The fourth-order valence-electron chi connectivity index (χ4n) is 9.39. The summed E-state index contributed by atoms with van der Waals surface area (Å²) in [5.74, 6) is -0.176. The number of ether oxygens (including phenoxy) is 2. The molecular weight excluding hydrogens is 839 g/mol. The number of carbonyl (C=O) groups is 1. The minimum Gasteiger partial charge on any atom is -0.394 e. The molecular formula is C58H111NO8. The van der Waals surface area contributed by atoms with E-state index in [0.29, 0.717) is 6.42 Å². The van der Waals surface area contributed by atoms with Crippen molar-refractivity contribution in [2.24, 2.45) is 0 Å². The number of nitrogens with one attached hydrogen (secondary N) is 1. The third-order valence-corrected chi connectivity index (χ3v) is 14.0. The molecule has 7 unspecified atom stereocenters. The van der Waals surface area contributed by atoms with E-state index in [1.165, 1.54) is 225 Å². The van der Waals surface area contributed by atoms with Crippen molar-refractivity contribution in [2.75, 3.05) is 13.2 Å². The number of aliphatic hydroxyl groups excluding tert-OH is 5. The van der Waals surface area contributed by atoms with Crippen LogP contribution in [0.1, 0.15) is 284 Å². The molecule has 1 aliphatic rings. The summed E-state index contributed by atoms with van der Waals surface area (Å²) < 4.78 is 11.3. The van der Waals surface area contributed by atoms with Crippen molar-refractivity contribution in [3.05, 3.63) is 24.3 Å². The van der Waals surface area contributed by atoms with E-state index in [1.54, 1.807) is 6.08 Å². The summed E-state index contributed by atoms with van der Waals surface area (Å²) in [6.45, 7) is 3.81. The van der Waals surface area contributed by atoms with Crippen LogP contribution in [-0.2, 0) is 14.3 Å². The molecule has 9 nitrogen and oxygen atoms in total. The summed E-state index contributed by atoms with van der Waals surface area (Å²) in [7, 11) is 0. The van der Waals surface area contributed by atoms with Crippen molar-refractivity contribution in [3.8, 4) is 0 Å². The fourth-order valence-corrected chi connectivity index (χ4v) is 9.39. The second-order valence-corrected chi connectivity index (χ2v) is 20.4. The SMILES string of the molecule is CCCCCCCCCCCCCC/C=C\CCCCCCCCCCC(=O)NC(COC1OC(CO)C(O)C(O)C1O)C(O)/C=C/CCCCCCCCCCCCCCCCCCCC. The lowest BCUT2D eigenvalue weighted by atomic mass is 9.99. The average molecular weight is 951 g/mol. The molecule has 0 aromatic heterocycles. The Balaban J connectivity index is 2.23. The average Bonchev–Trinajstić information content (AvgIpc) is 3.33. The van der Waals surface area contributed by atoms with Crippen LogP contribution in [0.3, 0.4) is 0 Å². The number of amides is 1. The van der Waals surface area contributed by atoms with E-state index in [1.807, 2.05) is 6.08 Å². The second-order valence-electron chi connectivity index (χ2n) is 20.4. The van der Waals surface area contributed by atoms with E-state index in [2.05, 4.69) is 31.3 Å². The molecule has 9 heteroatoms. The summed E-state index contributed by atoms with van der Waals surface area (Å²) in [6.07, 6.45) is 53.8. The molecule has 0 saturated carbocycles. The van der Waals surface area contributed by atoms with Gasteiger partial charge in [-0.1, -0.05) is 256 Å². The molecule has 1 fully saturated rings. The first kappa shape index (κ1) is 63.7. The molecule has 0 bridgehead atoms. The molecule has 396 valence electrons. The van der Waals surface area contributed by atoms with Crippen LogP contribution in [0.5, 0.6) is 0 Å². The molecule has 0 aromatic rings. The second kappa shape index (κ2) is 48.3. The van der Waals surface area contributed by atoms with Crippen molar-refractivity contribution in [3.63, 3.8) is 0 Å². The quantitative estimate of drug-likeness (QED) is 0.0261. The van der Waals surface area contributed by atoms with Gasteiger partial charge in [-0.2, -0.15) is 0 Å². The Bertz CT molecular complexity index is 1100. The van der Waals surface area contributed by atoms with Gasteiger partial charge in [0, 0.05) is 6.42 Å². The highest BCUT2D eigenvalue weighted by molar-refractivity contribution is 5.76. The summed E-state index contributed by atoms with van der Waals surface area (Å²) >= 11 is 0. The number of hydrogen-bond acceptors (Lipinski definition) is 8. The largest absolute Gasteiger partial charge is 0.394 e. The molecule has 1 aliphatic heterocycles. The zero-order chi connectivity index (χ0) is 48.7. The van der Waals surface area contributed by atoms with E-state index < -0.39 is 49.5 Å². The first-order chi connectivity index (χ1) is 32.8. The summed E-state index contributed by atoms with van der Waals surface area (Å²) in [6, 6.07) is -0.805. The van der Waals surface area contributed by atoms with Crippen LogP contribution in [0.4, 0.5) is 0 Å². The Morgan fingerprint density at radius 1 is 0.493 bits per heavy atom. The van der Waals surface area contributed by atoms with Gasteiger partial charge < -0.3 is 40.3 Å². The molecule has 1 rings (SSSR count). The Kier molecular flexibility index (Phi) is 45.9. The maximum absolute atomic E-state index is 13.1. The first-order valence-corrected chi connectivity index (χ1v) is 29.1. The van der Waals surface area contributed by atoms with Crippen LogP contribution in [0.25, 0.3) is 0 Å². The van der Waals surface area contributed by atoms with E-state index in [-0.39, 0.29) is 12.5 Å². The van der Waals surface area contributed by atoms with Gasteiger partial charge in [-0.05, 0) is 44.9 Å². The Hall–Kier alpha value is -1.33. The monoisotopic (exact) mass is 950 g/mol. The van der Waals surface area contributed by atoms with Gasteiger partial charge in [-0.25, -0.2) is 0 Å². The lowest BCUT2D eigenvalue weighted by Crippen LogP contribution is -2.60. The van der Waals surface area contributed by atoms with Crippen molar-refractivity contribution in [1.29, 1.82) is 0 Å². The van der Waals surface area contributed by atoms with Crippen LogP contribution in [0, 0.1) is 0 Å². The van der Waals surface area contributed by atoms with Crippen molar-refractivity contribution < 1.29 is 39.8 Å².